The van der Waals surface area contributed by atoms with Crippen molar-refractivity contribution in [3.8, 4) is 0 Å². The van der Waals surface area contributed by atoms with E-state index in [0.29, 0.717) is 0 Å². The van der Waals surface area contributed by atoms with Gasteiger partial charge < -0.3 is 15.2 Å². The van der Waals surface area contributed by atoms with E-state index in [0.717, 1.165) is 32.1 Å². The molecule has 0 amide bonds. The summed E-state index contributed by atoms with van der Waals surface area (Å²) >= 11 is 0. The van der Waals surface area contributed by atoms with Crippen molar-refractivity contribution >= 4 is 5.96 Å². The molecular weight excluding hydrogens is 312 g/mol. The van der Waals surface area contributed by atoms with Gasteiger partial charge >= 0.3 is 0 Å². The summed E-state index contributed by atoms with van der Waals surface area (Å²) in [5.74, 6) is 0.810. The lowest BCUT2D eigenvalue weighted by Crippen LogP contribution is -2.38. The van der Waals surface area contributed by atoms with Crippen molar-refractivity contribution in [3.63, 3.8) is 0 Å². The topological polar surface area (TPSA) is 59.2 Å². The lowest BCUT2D eigenvalue weighted by atomic mass is 10.1. The Kier molecular flexibility index (Phi) is 5.87. The van der Waals surface area contributed by atoms with Crippen LogP contribution in [0.3, 0.4) is 0 Å². The summed E-state index contributed by atoms with van der Waals surface area (Å²) in [4.78, 5) is 4.28. The minimum atomic E-state index is 0.732. The molecule has 2 N–H and O–H groups in total. The molecule has 130 valence electrons. The van der Waals surface area contributed by atoms with Crippen LogP contribution in [0.1, 0.15) is 11.1 Å². The molecule has 0 unspecified atom stereocenters. The summed E-state index contributed by atoms with van der Waals surface area (Å²) in [6.07, 6.45) is 7.89. The van der Waals surface area contributed by atoms with Crippen LogP contribution >= 0.6 is 0 Å². The molecule has 0 saturated heterocycles. The van der Waals surface area contributed by atoms with Crippen molar-refractivity contribution in [2.24, 2.45) is 4.99 Å². The Hall–Kier alpha value is -3.02. The normalized spacial score (nSPS) is 11.5. The number of benzene rings is 1. The van der Waals surface area contributed by atoms with Gasteiger partial charge in [-0.2, -0.15) is 5.10 Å². The zero-order valence-corrected chi connectivity index (χ0v) is 14.5. The molecule has 0 bridgehead atoms. The van der Waals surface area contributed by atoms with E-state index in [1.165, 1.54) is 11.1 Å². The molecule has 6 nitrogen and oxygen atoms in total. The van der Waals surface area contributed by atoms with Crippen LogP contribution < -0.4 is 10.6 Å². The molecule has 2 heterocycles. The highest BCUT2D eigenvalue weighted by Crippen LogP contribution is 2.07. The van der Waals surface area contributed by atoms with Crippen LogP contribution in [0.2, 0.25) is 0 Å². The van der Waals surface area contributed by atoms with Gasteiger partial charge in [-0.1, -0.05) is 24.3 Å². The molecule has 25 heavy (non-hydrogen) atoms. The fraction of sp³-hybridized carbons (Fsp3) is 0.263. The molecule has 0 atom stereocenters. The van der Waals surface area contributed by atoms with E-state index in [2.05, 4.69) is 62.0 Å². The van der Waals surface area contributed by atoms with E-state index in [9.17, 15) is 0 Å². The number of aliphatic imine (C=N–C) groups is 1. The maximum Gasteiger partial charge on any atom is 0.191 e. The highest BCUT2D eigenvalue weighted by atomic mass is 15.3. The Balaban J connectivity index is 1.47. The molecule has 6 heteroatoms. The molecule has 0 aliphatic carbocycles. The minimum Gasteiger partial charge on any atom is -0.355 e. The Bertz CT molecular complexity index is 774. The zero-order valence-electron chi connectivity index (χ0n) is 14.5. The predicted molar refractivity (Wildman–Crippen MR) is 100 cm³/mol. The summed E-state index contributed by atoms with van der Waals surface area (Å²) < 4.78 is 4.06. The van der Waals surface area contributed by atoms with Crippen LogP contribution in [0.25, 0.3) is 0 Å². The Morgan fingerprint density at radius 2 is 1.88 bits per heavy atom. The molecule has 0 spiro atoms. The van der Waals surface area contributed by atoms with Crippen molar-refractivity contribution in [1.29, 1.82) is 0 Å². The summed E-state index contributed by atoms with van der Waals surface area (Å²) in [5, 5.41) is 10.9. The number of guanidine groups is 1. The Morgan fingerprint density at radius 3 is 2.64 bits per heavy atom. The van der Waals surface area contributed by atoms with Crippen molar-refractivity contribution in [1.82, 2.24) is 25.0 Å². The number of nitrogens with zero attached hydrogens (tertiary/aromatic N) is 4. The third-order valence-electron chi connectivity index (χ3n) is 3.91. The molecular formula is C19H24N6. The van der Waals surface area contributed by atoms with E-state index < -0.39 is 0 Å². The first-order valence-electron chi connectivity index (χ1n) is 8.44. The Morgan fingerprint density at radius 1 is 1.04 bits per heavy atom. The first-order valence-corrected chi connectivity index (χ1v) is 8.44. The summed E-state index contributed by atoms with van der Waals surface area (Å²) in [6.45, 7) is 3.25. The van der Waals surface area contributed by atoms with Crippen molar-refractivity contribution < 1.29 is 0 Å². The first kappa shape index (κ1) is 16.8. The summed E-state index contributed by atoms with van der Waals surface area (Å²) in [6, 6.07) is 14.5. The first-order chi connectivity index (χ1) is 12.3. The van der Waals surface area contributed by atoms with Gasteiger partial charge in [-0.25, -0.2) is 0 Å². The molecule has 0 aliphatic heterocycles. The molecule has 0 saturated carbocycles. The monoisotopic (exact) mass is 336 g/mol. The molecule has 2 aromatic heterocycles. The average molecular weight is 336 g/mol. The van der Waals surface area contributed by atoms with E-state index in [1.807, 2.05) is 29.1 Å². The van der Waals surface area contributed by atoms with Gasteiger partial charge in [0.25, 0.3) is 0 Å². The van der Waals surface area contributed by atoms with Gasteiger partial charge in [0.05, 0.1) is 6.54 Å². The van der Waals surface area contributed by atoms with Gasteiger partial charge in [-0.15, -0.1) is 0 Å². The van der Waals surface area contributed by atoms with E-state index in [-0.39, 0.29) is 0 Å². The third-order valence-corrected chi connectivity index (χ3v) is 3.91. The van der Waals surface area contributed by atoms with Crippen LogP contribution in [0, 0.1) is 0 Å². The molecule has 3 aromatic rings. The van der Waals surface area contributed by atoms with Crippen molar-refractivity contribution in [2.75, 3.05) is 13.6 Å². The number of nitrogens with one attached hydrogen (secondary N) is 2. The highest BCUT2D eigenvalue weighted by Gasteiger charge is 2.01. The quantitative estimate of drug-likeness (QED) is 0.513. The maximum absolute atomic E-state index is 4.28. The van der Waals surface area contributed by atoms with Gasteiger partial charge in [-0.3, -0.25) is 9.67 Å². The van der Waals surface area contributed by atoms with Crippen LogP contribution in [-0.2, 0) is 19.6 Å². The van der Waals surface area contributed by atoms with E-state index in [4.69, 9.17) is 0 Å². The van der Waals surface area contributed by atoms with Gasteiger partial charge in [0.2, 0.25) is 0 Å². The molecule has 1 aromatic carbocycles. The number of hydrogen-bond donors (Lipinski definition) is 2. The number of hydrogen-bond acceptors (Lipinski definition) is 2. The van der Waals surface area contributed by atoms with Crippen LogP contribution in [0.15, 0.2) is 72.2 Å². The fourth-order valence-electron chi connectivity index (χ4n) is 2.65. The van der Waals surface area contributed by atoms with Crippen LogP contribution in [0.5, 0.6) is 0 Å². The highest BCUT2D eigenvalue weighted by molar-refractivity contribution is 5.79. The smallest absolute Gasteiger partial charge is 0.191 e. The predicted octanol–water partition coefficient (Wildman–Crippen LogP) is 2.10. The van der Waals surface area contributed by atoms with E-state index >= 15 is 0 Å². The van der Waals surface area contributed by atoms with Crippen LogP contribution in [0.4, 0.5) is 0 Å². The molecule has 0 fully saturated rings. The van der Waals surface area contributed by atoms with Gasteiger partial charge in [-0.05, 0) is 29.3 Å². The van der Waals surface area contributed by atoms with Crippen molar-refractivity contribution in [2.45, 2.75) is 19.6 Å². The minimum absolute atomic E-state index is 0.732. The fourth-order valence-corrected chi connectivity index (χ4v) is 2.65. The molecule has 3 rings (SSSR count). The molecule has 0 aliphatic rings. The van der Waals surface area contributed by atoms with Gasteiger partial charge in [0, 0.05) is 51.5 Å². The average Bonchev–Trinajstić information content (AvgIpc) is 3.32. The second-order valence-corrected chi connectivity index (χ2v) is 5.80. The second kappa shape index (κ2) is 8.73. The lowest BCUT2D eigenvalue weighted by molar-refractivity contribution is 0.665. The van der Waals surface area contributed by atoms with E-state index in [1.54, 1.807) is 13.2 Å². The third kappa shape index (κ3) is 5.24. The van der Waals surface area contributed by atoms with Gasteiger partial charge in [0.15, 0.2) is 5.96 Å². The lowest BCUT2D eigenvalue weighted by Gasteiger charge is -2.13. The SMILES string of the molecule is CN=C(NCCn1cccc1)NCc1cccc(Cn2cccn2)c1. The van der Waals surface area contributed by atoms with Crippen molar-refractivity contribution in [3.05, 3.63) is 78.4 Å². The number of aromatic nitrogens is 3. The largest absolute Gasteiger partial charge is 0.355 e. The summed E-state index contributed by atoms with van der Waals surface area (Å²) in [7, 11) is 1.79. The Labute approximate surface area is 148 Å². The van der Waals surface area contributed by atoms with Gasteiger partial charge in [0.1, 0.15) is 0 Å². The summed E-state index contributed by atoms with van der Waals surface area (Å²) in [5.41, 5.74) is 2.46. The maximum atomic E-state index is 4.28. The number of rotatable bonds is 7. The van der Waals surface area contributed by atoms with Crippen LogP contribution in [-0.4, -0.2) is 33.9 Å². The molecule has 0 radical (unpaired) electrons. The standard InChI is InChI=1S/C19H24N6/c1-20-19(21-9-13-24-10-2-3-11-24)22-15-17-6-4-7-18(14-17)16-25-12-5-8-23-25/h2-8,10-12,14H,9,13,15-16H2,1H3,(H2,20,21,22). The second-order valence-electron chi connectivity index (χ2n) is 5.80. The zero-order chi connectivity index (χ0) is 17.3.